The normalized spacial score (nSPS) is 10.7. The summed E-state index contributed by atoms with van der Waals surface area (Å²) in [4.78, 5) is 11.6. The molecule has 1 rings (SSSR count). The number of hydrogen-bond donors (Lipinski definition) is 0. The van der Waals surface area contributed by atoms with Crippen LogP contribution in [0.25, 0.3) is 6.08 Å². The summed E-state index contributed by atoms with van der Waals surface area (Å²) in [5.41, 5.74) is 0.620. The summed E-state index contributed by atoms with van der Waals surface area (Å²) in [6, 6.07) is 7.07. The van der Waals surface area contributed by atoms with Crippen LogP contribution < -0.4 is 9.47 Å². The average Bonchev–Trinajstić information content (AvgIpc) is 2.48. The van der Waals surface area contributed by atoms with Gasteiger partial charge in [0.15, 0.2) is 11.5 Å². The van der Waals surface area contributed by atoms with E-state index in [1.165, 1.54) is 6.08 Å². The summed E-state index contributed by atoms with van der Waals surface area (Å²) in [6.07, 6.45) is 1.47. The smallest absolute Gasteiger partial charge is 0.348 e. The Morgan fingerprint density at radius 1 is 1.14 bits per heavy atom. The first-order valence-corrected chi connectivity index (χ1v) is 6.84. The molecule has 5 heteroatoms. The molecule has 1 aromatic carbocycles. The van der Waals surface area contributed by atoms with E-state index in [0.29, 0.717) is 30.3 Å². The lowest BCUT2D eigenvalue weighted by atomic mass is 10.1. The van der Waals surface area contributed by atoms with Gasteiger partial charge in [-0.3, -0.25) is 0 Å². The highest BCUT2D eigenvalue weighted by Gasteiger charge is 2.11. The third-order valence-electron chi connectivity index (χ3n) is 2.49. The van der Waals surface area contributed by atoms with Crippen molar-refractivity contribution < 1.29 is 19.0 Å². The third kappa shape index (κ3) is 4.84. The number of carbonyl (C=O) groups is 1. The number of ether oxygens (including phenoxy) is 3. The molecular formula is C16H19NO4. The van der Waals surface area contributed by atoms with Crippen LogP contribution in [0.3, 0.4) is 0 Å². The molecule has 21 heavy (non-hydrogen) atoms. The molecule has 0 spiro atoms. The molecule has 0 N–H and O–H groups in total. The maximum atomic E-state index is 11.6. The van der Waals surface area contributed by atoms with E-state index in [1.807, 2.05) is 19.9 Å². The highest BCUT2D eigenvalue weighted by atomic mass is 16.5. The topological polar surface area (TPSA) is 68.6 Å². The first-order chi connectivity index (χ1) is 10.2. The molecule has 0 bridgehead atoms. The van der Waals surface area contributed by atoms with Crippen molar-refractivity contribution in [3.05, 3.63) is 29.3 Å². The lowest BCUT2D eigenvalue weighted by Gasteiger charge is -2.11. The molecular weight excluding hydrogens is 270 g/mol. The Hall–Kier alpha value is -2.48. The van der Waals surface area contributed by atoms with Gasteiger partial charge in [-0.25, -0.2) is 4.79 Å². The van der Waals surface area contributed by atoms with Gasteiger partial charge in [-0.15, -0.1) is 0 Å². The molecule has 0 saturated carbocycles. The van der Waals surface area contributed by atoms with Crippen LogP contribution in [0.2, 0.25) is 0 Å². The SMILES string of the molecule is CCOC(=O)/C(C#N)=C\c1ccc(OCC)c(OCC)c1. The predicted molar refractivity (Wildman–Crippen MR) is 79.0 cm³/mol. The van der Waals surface area contributed by atoms with E-state index in [1.54, 1.807) is 25.1 Å². The molecule has 1 aromatic rings. The molecule has 0 atom stereocenters. The summed E-state index contributed by atoms with van der Waals surface area (Å²) in [5.74, 6) is 0.576. The van der Waals surface area contributed by atoms with E-state index in [0.717, 1.165) is 0 Å². The number of esters is 1. The average molecular weight is 289 g/mol. The molecule has 0 amide bonds. The zero-order valence-corrected chi connectivity index (χ0v) is 12.5. The second kappa shape index (κ2) is 8.64. The first kappa shape index (κ1) is 16.6. The van der Waals surface area contributed by atoms with E-state index < -0.39 is 5.97 Å². The van der Waals surface area contributed by atoms with Crippen LogP contribution in [0.1, 0.15) is 26.3 Å². The van der Waals surface area contributed by atoms with Crippen LogP contribution in [0.15, 0.2) is 23.8 Å². The van der Waals surface area contributed by atoms with Crippen molar-refractivity contribution in [3.8, 4) is 17.6 Å². The molecule has 0 heterocycles. The Balaban J connectivity index is 3.10. The second-order valence-corrected chi connectivity index (χ2v) is 3.96. The van der Waals surface area contributed by atoms with E-state index in [4.69, 9.17) is 19.5 Å². The fourth-order valence-corrected chi connectivity index (χ4v) is 1.67. The summed E-state index contributed by atoms with van der Waals surface area (Å²) < 4.78 is 15.8. The number of benzene rings is 1. The number of rotatable bonds is 7. The molecule has 112 valence electrons. The zero-order chi connectivity index (χ0) is 15.7. The molecule has 0 saturated heterocycles. The van der Waals surface area contributed by atoms with Crippen molar-refractivity contribution in [1.29, 1.82) is 5.26 Å². The Labute approximate surface area is 124 Å². The Bertz CT molecular complexity index is 558. The second-order valence-electron chi connectivity index (χ2n) is 3.96. The van der Waals surface area contributed by atoms with Crippen molar-refractivity contribution in [1.82, 2.24) is 0 Å². The van der Waals surface area contributed by atoms with Crippen molar-refractivity contribution in [2.75, 3.05) is 19.8 Å². The Morgan fingerprint density at radius 2 is 1.81 bits per heavy atom. The minimum absolute atomic E-state index is 0.0524. The predicted octanol–water partition coefficient (Wildman–Crippen LogP) is 2.95. The van der Waals surface area contributed by atoms with Gasteiger partial charge in [0.2, 0.25) is 0 Å². The lowest BCUT2D eigenvalue weighted by Crippen LogP contribution is -2.06. The summed E-state index contributed by atoms with van der Waals surface area (Å²) in [7, 11) is 0. The Kier molecular flexibility index (Phi) is 6.82. The standard InChI is InChI=1S/C16H19NO4/c1-4-19-14-8-7-12(10-15(14)20-5-2)9-13(11-17)16(18)21-6-3/h7-10H,4-6H2,1-3H3/b13-9-. The molecule has 0 unspecified atom stereocenters. The van der Waals surface area contributed by atoms with Gasteiger partial charge < -0.3 is 14.2 Å². The van der Waals surface area contributed by atoms with Gasteiger partial charge in [0.25, 0.3) is 0 Å². The van der Waals surface area contributed by atoms with E-state index in [-0.39, 0.29) is 12.2 Å². The molecule has 0 aliphatic rings. The summed E-state index contributed by atoms with van der Waals surface area (Å²) in [5, 5.41) is 9.02. The highest BCUT2D eigenvalue weighted by Crippen LogP contribution is 2.29. The van der Waals surface area contributed by atoms with Gasteiger partial charge in [-0.2, -0.15) is 5.26 Å². The minimum Gasteiger partial charge on any atom is -0.490 e. The molecule has 0 aliphatic heterocycles. The van der Waals surface area contributed by atoms with Gasteiger partial charge in [-0.05, 0) is 44.5 Å². The lowest BCUT2D eigenvalue weighted by molar-refractivity contribution is -0.137. The van der Waals surface area contributed by atoms with Crippen LogP contribution in [-0.4, -0.2) is 25.8 Å². The largest absolute Gasteiger partial charge is 0.490 e. The number of carbonyl (C=O) groups excluding carboxylic acids is 1. The fourth-order valence-electron chi connectivity index (χ4n) is 1.67. The van der Waals surface area contributed by atoms with Gasteiger partial charge >= 0.3 is 5.97 Å². The number of nitrogens with zero attached hydrogens (tertiary/aromatic N) is 1. The van der Waals surface area contributed by atoms with Gasteiger partial charge in [0, 0.05) is 0 Å². The van der Waals surface area contributed by atoms with E-state index in [9.17, 15) is 4.79 Å². The fraction of sp³-hybridized carbons (Fsp3) is 0.375. The molecule has 0 radical (unpaired) electrons. The molecule has 0 aromatic heterocycles. The van der Waals surface area contributed by atoms with Crippen molar-refractivity contribution in [3.63, 3.8) is 0 Å². The molecule has 0 aliphatic carbocycles. The van der Waals surface area contributed by atoms with Gasteiger partial charge in [0.05, 0.1) is 19.8 Å². The molecule has 5 nitrogen and oxygen atoms in total. The minimum atomic E-state index is -0.633. The molecule has 0 fully saturated rings. The number of hydrogen-bond acceptors (Lipinski definition) is 5. The van der Waals surface area contributed by atoms with Crippen LogP contribution in [0.5, 0.6) is 11.5 Å². The summed E-state index contributed by atoms with van der Waals surface area (Å²) >= 11 is 0. The van der Waals surface area contributed by atoms with Crippen LogP contribution in [0.4, 0.5) is 0 Å². The van der Waals surface area contributed by atoms with Crippen molar-refractivity contribution in [2.45, 2.75) is 20.8 Å². The first-order valence-electron chi connectivity index (χ1n) is 6.84. The van der Waals surface area contributed by atoms with Crippen LogP contribution in [0, 0.1) is 11.3 Å². The van der Waals surface area contributed by atoms with Crippen molar-refractivity contribution >= 4 is 12.0 Å². The van der Waals surface area contributed by atoms with E-state index in [2.05, 4.69) is 0 Å². The maximum Gasteiger partial charge on any atom is 0.348 e. The van der Waals surface area contributed by atoms with Gasteiger partial charge in [0.1, 0.15) is 11.6 Å². The monoisotopic (exact) mass is 289 g/mol. The van der Waals surface area contributed by atoms with Gasteiger partial charge in [-0.1, -0.05) is 6.07 Å². The Morgan fingerprint density at radius 3 is 2.38 bits per heavy atom. The van der Waals surface area contributed by atoms with E-state index >= 15 is 0 Å². The zero-order valence-electron chi connectivity index (χ0n) is 12.5. The van der Waals surface area contributed by atoms with Crippen molar-refractivity contribution in [2.24, 2.45) is 0 Å². The maximum absolute atomic E-state index is 11.6. The summed E-state index contributed by atoms with van der Waals surface area (Å²) in [6.45, 7) is 6.70. The van der Waals surface area contributed by atoms with Crippen LogP contribution in [-0.2, 0) is 9.53 Å². The van der Waals surface area contributed by atoms with Crippen LogP contribution >= 0.6 is 0 Å². The number of nitriles is 1. The quantitative estimate of drug-likeness (QED) is 0.438. The third-order valence-corrected chi connectivity index (χ3v) is 2.49. The highest BCUT2D eigenvalue weighted by molar-refractivity contribution is 5.97.